The first-order valence-electron chi connectivity index (χ1n) is 12.7. The van der Waals surface area contributed by atoms with Crippen molar-refractivity contribution in [3.8, 4) is 5.69 Å². The SMILES string of the molecule is Cc1cc(-n2ncc(=O)[nH]c2=O)cc(C)c1Cc1nc2c(C(C)C)cn(S(=O)(=O)Cc3ccccc3)c2cc1F. The number of pyridine rings is 1. The Labute approximate surface area is 230 Å². The molecule has 0 fully saturated rings. The molecule has 0 saturated heterocycles. The molecule has 0 aliphatic rings. The Morgan fingerprint density at radius 1 is 1.02 bits per heavy atom. The average Bonchev–Trinajstić information content (AvgIpc) is 3.26. The molecule has 0 aliphatic carbocycles. The number of fused-ring (bicyclic) bond motifs is 1. The van der Waals surface area contributed by atoms with Gasteiger partial charge in [0.05, 0.1) is 28.2 Å². The highest BCUT2D eigenvalue weighted by Crippen LogP contribution is 2.31. The zero-order chi connectivity index (χ0) is 28.8. The van der Waals surface area contributed by atoms with E-state index >= 15 is 4.39 Å². The summed E-state index contributed by atoms with van der Waals surface area (Å²) in [5.41, 5.74) is 3.76. The van der Waals surface area contributed by atoms with Gasteiger partial charge in [0.15, 0.2) is 0 Å². The minimum atomic E-state index is -3.84. The zero-order valence-electron chi connectivity index (χ0n) is 22.5. The van der Waals surface area contributed by atoms with Gasteiger partial charge in [0, 0.05) is 18.7 Å². The van der Waals surface area contributed by atoms with Crippen molar-refractivity contribution in [2.45, 2.75) is 45.8 Å². The summed E-state index contributed by atoms with van der Waals surface area (Å²) in [6.45, 7) is 7.55. The molecule has 0 bridgehead atoms. The highest BCUT2D eigenvalue weighted by Gasteiger charge is 2.24. The van der Waals surface area contributed by atoms with Gasteiger partial charge in [0.1, 0.15) is 12.0 Å². The number of hydrogen-bond donors (Lipinski definition) is 1. The zero-order valence-corrected chi connectivity index (χ0v) is 23.3. The number of rotatable bonds is 7. The monoisotopic (exact) mass is 561 g/mol. The Hall–Kier alpha value is -4.38. The number of aromatic nitrogens is 5. The van der Waals surface area contributed by atoms with Gasteiger partial charge in [-0.05, 0) is 59.7 Å². The van der Waals surface area contributed by atoms with E-state index in [1.165, 1.54) is 6.07 Å². The summed E-state index contributed by atoms with van der Waals surface area (Å²) < 4.78 is 44.5. The molecule has 5 rings (SSSR count). The number of halogens is 1. The van der Waals surface area contributed by atoms with Crippen molar-refractivity contribution in [2.24, 2.45) is 0 Å². The van der Waals surface area contributed by atoms with E-state index in [4.69, 9.17) is 0 Å². The molecule has 3 aromatic heterocycles. The van der Waals surface area contributed by atoms with E-state index in [0.717, 1.165) is 31.5 Å². The molecule has 3 heterocycles. The van der Waals surface area contributed by atoms with E-state index in [0.29, 0.717) is 22.3 Å². The second-order valence-electron chi connectivity index (χ2n) is 10.1. The third-order valence-corrected chi connectivity index (χ3v) is 8.49. The van der Waals surface area contributed by atoms with Crippen LogP contribution in [0.2, 0.25) is 0 Å². The van der Waals surface area contributed by atoms with Gasteiger partial charge in [-0.15, -0.1) is 0 Å². The van der Waals surface area contributed by atoms with Crippen LogP contribution in [-0.4, -0.2) is 32.1 Å². The highest BCUT2D eigenvalue weighted by molar-refractivity contribution is 7.89. The van der Waals surface area contributed by atoms with Crippen LogP contribution >= 0.6 is 0 Å². The van der Waals surface area contributed by atoms with Gasteiger partial charge in [0.2, 0.25) is 10.0 Å². The molecule has 206 valence electrons. The fourth-order valence-electron chi connectivity index (χ4n) is 4.86. The van der Waals surface area contributed by atoms with Crippen LogP contribution in [0.25, 0.3) is 16.7 Å². The van der Waals surface area contributed by atoms with Gasteiger partial charge in [-0.25, -0.2) is 26.6 Å². The second kappa shape index (κ2) is 10.3. The number of aromatic amines is 1. The number of nitrogens with zero attached hydrogens (tertiary/aromatic N) is 4. The number of nitrogens with one attached hydrogen (secondary N) is 1. The number of hydrogen-bond acceptors (Lipinski definition) is 6. The third kappa shape index (κ3) is 5.12. The maximum Gasteiger partial charge on any atom is 0.349 e. The molecule has 0 atom stereocenters. The summed E-state index contributed by atoms with van der Waals surface area (Å²) >= 11 is 0. The topological polar surface area (TPSA) is 120 Å². The van der Waals surface area contributed by atoms with E-state index in [9.17, 15) is 18.0 Å². The average molecular weight is 562 g/mol. The largest absolute Gasteiger partial charge is 0.349 e. The molecule has 40 heavy (non-hydrogen) atoms. The first-order valence-corrected chi connectivity index (χ1v) is 14.3. The molecule has 0 aliphatic heterocycles. The number of H-pyrrole nitrogens is 1. The summed E-state index contributed by atoms with van der Waals surface area (Å²) in [5.74, 6) is -0.887. The Kier molecular flexibility index (Phi) is 7.01. The predicted molar refractivity (Wildman–Crippen MR) is 151 cm³/mol. The Morgan fingerprint density at radius 2 is 1.70 bits per heavy atom. The number of benzene rings is 2. The smallest absolute Gasteiger partial charge is 0.271 e. The van der Waals surface area contributed by atoms with Crippen LogP contribution < -0.4 is 11.2 Å². The normalized spacial score (nSPS) is 11.9. The van der Waals surface area contributed by atoms with Crippen molar-refractivity contribution >= 4 is 21.1 Å². The van der Waals surface area contributed by atoms with Crippen LogP contribution in [0.15, 0.2) is 70.5 Å². The fraction of sp³-hybridized carbons (Fsp3) is 0.241. The van der Waals surface area contributed by atoms with Crippen molar-refractivity contribution in [3.05, 3.63) is 121 Å². The van der Waals surface area contributed by atoms with Crippen LogP contribution in [0.3, 0.4) is 0 Å². The van der Waals surface area contributed by atoms with E-state index in [1.807, 2.05) is 33.8 Å². The molecular weight excluding hydrogens is 533 g/mol. The van der Waals surface area contributed by atoms with Gasteiger partial charge in [-0.3, -0.25) is 9.78 Å². The second-order valence-corrected chi connectivity index (χ2v) is 12.0. The van der Waals surface area contributed by atoms with Gasteiger partial charge in [-0.2, -0.15) is 9.78 Å². The molecule has 0 spiro atoms. The van der Waals surface area contributed by atoms with Crippen LogP contribution in [0.1, 0.15) is 53.3 Å². The molecule has 0 saturated carbocycles. The summed E-state index contributed by atoms with van der Waals surface area (Å²) in [7, 11) is -3.84. The van der Waals surface area contributed by atoms with Gasteiger partial charge in [0.25, 0.3) is 5.56 Å². The third-order valence-electron chi connectivity index (χ3n) is 6.89. The van der Waals surface area contributed by atoms with Crippen molar-refractivity contribution in [1.29, 1.82) is 0 Å². The molecule has 2 aromatic carbocycles. The van der Waals surface area contributed by atoms with Crippen LogP contribution in [0.4, 0.5) is 4.39 Å². The van der Waals surface area contributed by atoms with Gasteiger partial charge < -0.3 is 0 Å². The van der Waals surface area contributed by atoms with Crippen molar-refractivity contribution in [2.75, 3.05) is 0 Å². The molecule has 1 N–H and O–H groups in total. The molecule has 0 radical (unpaired) electrons. The Bertz CT molecular complexity index is 1950. The molecule has 0 unspecified atom stereocenters. The first-order chi connectivity index (χ1) is 18.9. The summed E-state index contributed by atoms with van der Waals surface area (Å²) in [5, 5.41) is 3.90. The molecular formula is C29H28FN5O4S. The molecule has 5 aromatic rings. The lowest BCUT2D eigenvalue weighted by molar-refractivity contribution is 0.587. The first kappa shape index (κ1) is 27.2. The van der Waals surface area contributed by atoms with Crippen LogP contribution in [0.5, 0.6) is 0 Å². The van der Waals surface area contributed by atoms with E-state index in [1.54, 1.807) is 42.6 Å². The van der Waals surface area contributed by atoms with Crippen molar-refractivity contribution < 1.29 is 12.8 Å². The van der Waals surface area contributed by atoms with Crippen molar-refractivity contribution in [1.82, 2.24) is 23.7 Å². The molecule has 9 nitrogen and oxygen atoms in total. The minimum Gasteiger partial charge on any atom is -0.271 e. The standard InChI is InChI=1S/C29H28FN5O4S/c1-17(2)23-15-34(40(38,39)16-20-8-6-5-7-9-20)26-13-24(30)25(32-28(23)26)12-22-18(3)10-21(11-19(22)4)35-29(37)33-27(36)14-31-35/h5-11,13-15,17H,12,16H2,1-4H3,(H,33,36,37). The number of aryl methyl sites for hydroxylation is 2. The van der Waals surface area contributed by atoms with E-state index < -0.39 is 27.1 Å². The lowest BCUT2D eigenvalue weighted by Crippen LogP contribution is -2.30. The van der Waals surface area contributed by atoms with Crippen molar-refractivity contribution in [3.63, 3.8) is 0 Å². The summed E-state index contributed by atoms with van der Waals surface area (Å²) in [6.07, 6.45) is 2.73. The fourth-order valence-corrected chi connectivity index (χ4v) is 6.33. The maximum absolute atomic E-state index is 15.5. The lowest BCUT2D eigenvalue weighted by atomic mass is 9.97. The van der Waals surface area contributed by atoms with Gasteiger partial charge >= 0.3 is 5.69 Å². The van der Waals surface area contributed by atoms with E-state index in [-0.39, 0.29) is 29.3 Å². The predicted octanol–water partition coefficient (Wildman–Crippen LogP) is 4.12. The maximum atomic E-state index is 15.5. The van der Waals surface area contributed by atoms with Gasteiger partial charge in [-0.1, -0.05) is 44.2 Å². The minimum absolute atomic E-state index is 0.0487. The summed E-state index contributed by atoms with van der Waals surface area (Å²) in [4.78, 5) is 30.4. The Balaban J connectivity index is 1.57. The quantitative estimate of drug-likeness (QED) is 0.319. The highest BCUT2D eigenvalue weighted by atomic mass is 32.2. The molecule has 0 amide bonds. The van der Waals surface area contributed by atoms with Crippen LogP contribution in [0, 0.1) is 19.7 Å². The Morgan fingerprint density at radius 3 is 2.33 bits per heavy atom. The van der Waals surface area contributed by atoms with E-state index in [2.05, 4.69) is 15.1 Å². The molecule has 11 heteroatoms. The lowest BCUT2D eigenvalue weighted by Gasteiger charge is -2.14. The van der Waals surface area contributed by atoms with Crippen LogP contribution in [-0.2, 0) is 22.2 Å². The summed E-state index contributed by atoms with van der Waals surface area (Å²) in [6, 6.07) is 13.6.